The molecule has 0 saturated carbocycles. The molecule has 20 heavy (non-hydrogen) atoms. The molecule has 4 heteroatoms. The van der Waals surface area contributed by atoms with Crippen molar-refractivity contribution in [2.45, 2.75) is 26.7 Å². The lowest BCUT2D eigenvalue weighted by Gasteiger charge is -2.15. The maximum absolute atomic E-state index is 6.34. The van der Waals surface area contributed by atoms with E-state index in [1.807, 2.05) is 18.7 Å². The molecule has 108 valence electrons. The van der Waals surface area contributed by atoms with E-state index in [-0.39, 0.29) is 0 Å². The quantitative estimate of drug-likeness (QED) is 0.723. The molecule has 0 aliphatic heterocycles. The van der Waals surface area contributed by atoms with Gasteiger partial charge in [0, 0.05) is 12.4 Å². The Morgan fingerprint density at radius 3 is 2.60 bits per heavy atom. The molecule has 0 radical (unpaired) electrons. The SMILES string of the molecule is Cc1cccc(CC(CBr)Cc2c(Cl)c(C)nn2C)c1. The predicted octanol–water partition coefficient (Wildman–Crippen LogP) is 4.49. The van der Waals surface area contributed by atoms with Crippen LogP contribution in [-0.2, 0) is 19.9 Å². The normalized spacial score (nSPS) is 12.7. The van der Waals surface area contributed by atoms with Crippen LogP contribution in [0.5, 0.6) is 0 Å². The van der Waals surface area contributed by atoms with E-state index in [9.17, 15) is 0 Å². The fourth-order valence-corrected chi connectivity index (χ4v) is 3.22. The van der Waals surface area contributed by atoms with Crippen molar-refractivity contribution in [2.75, 3.05) is 5.33 Å². The standard InChI is InChI=1S/C16H20BrClN2/c1-11-5-4-6-13(7-11)8-14(10-17)9-15-16(18)12(2)19-20(15)3/h4-7,14H,8-10H2,1-3H3. The van der Waals surface area contributed by atoms with Gasteiger partial charge in [0.05, 0.1) is 16.4 Å². The van der Waals surface area contributed by atoms with Crippen LogP contribution < -0.4 is 0 Å². The van der Waals surface area contributed by atoms with E-state index in [1.165, 1.54) is 11.1 Å². The summed E-state index contributed by atoms with van der Waals surface area (Å²) in [6.45, 7) is 4.09. The molecule has 2 aromatic rings. The fraction of sp³-hybridized carbons (Fsp3) is 0.438. The average Bonchev–Trinajstić information content (AvgIpc) is 2.64. The largest absolute Gasteiger partial charge is 0.271 e. The Morgan fingerprint density at radius 2 is 2.05 bits per heavy atom. The molecule has 0 saturated heterocycles. The Balaban J connectivity index is 2.13. The lowest BCUT2D eigenvalue weighted by molar-refractivity contribution is 0.557. The Hall–Kier alpha value is -0.800. The molecule has 0 N–H and O–H groups in total. The minimum absolute atomic E-state index is 0.518. The van der Waals surface area contributed by atoms with Crippen LogP contribution in [0.25, 0.3) is 0 Å². The van der Waals surface area contributed by atoms with Crippen LogP contribution in [-0.4, -0.2) is 15.1 Å². The summed E-state index contributed by atoms with van der Waals surface area (Å²) in [5, 5.41) is 6.16. The van der Waals surface area contributed by atoms with E-state index >= 15 is 0 Å². The summed E-state index contributed by atoms with van der Waals surface area (Å²) in [4.78, 5) is 0. The first-order valence-corrected chi connectivity index (χ1v) is 8.30. The van der Waals surface area contributed by atoms with Gasteiger partial charge in [0.2, 0.25) is 0 Å². The summed E-state index contributed by atoms with van der Waals surface area (Å²) in [6, 6.07) is 8.70. The summed E-state index contributed by atoms with van der Waals surface area (Å²) in [6.07, 6.45) is 1.99. The second-order valence-electron chi connectivity index (χ2n) is 5.39. The molecular formula is C16H20BrClN2. The summed E-state index contributed by atoms with van der Waals surface area (Å²) in [5.41, 5.74) is 4.73. The molecule has 1 unspecified atom stereocenters. The number of halogens is 2. The molecule has 0 aliphatic rings. The third-order valence-corrected chi connectivity index (χ3v) is 4.98. The van der Waals surface area contributed by atoms with Gasteiger partial charge in [-0.05, 0) is 38.2 Å². The molecule has 0 bridgehead atoms. The Labute approximate surface area is 134 Å². The highest BCUT2D eigenvalue weighted by molar-refractivity contribution is 9.09. The van der Waals surface area contributed by atoms with Gasteiger partial charge in [-0.25, -0.2) is 0 Å². The monoisotopic (exact) mass is 354 g/mol. The zero-order valence-corrected chi connectivity index (χ0v) is 14.5. The highest BCUT2D eigenvalue weighted by Gasteiger charge is 2.17. The Kier molecular flexibility index (Phi) is 5.28. The predicted molar refractivity (Wildman–Crippen MR) is 88.8 cm³/mol. The number of hydrogen-bond acceptors (Lipinski definition) is 1. The van der Waals surface area contributed by atoms with Gasteiger partial charge in [-0.15, -0.1) is 0 Å². The number of nitrogens with zero attached hydrogens (tertiary/aromatic N) is 2. The summed E-state index contributed by atoms with van der Waals surface area (Å²) in [7, 11) is 1.96. The van der Waals surface area contributed by atoms with Crippen molar-refractivity contribution >= 4 is 27.5 Å². The first-order chi connectivity index (χ1) is 9.51. The zero-order valence-electron chi connectivity index (χ0n) is 12.2. The van der Waals surface area contributed by atoms with Crippen LogP contribution >= 0.6 is 27.5 Å². The van der Waals surface area contributed by atoms with E-state index in [2.05, 4.69) is 52.2 Å². The first kappa shape index (κ1) is 15.6. The highest BCUT2D eigenvalue weighted by Crippen LogP contribution is 2.25. The van der Waals surface area contributed by atoms with Crippen molar-refractivity contribution in [3.8, 4) is 0 Å². The molecule has 0 spiro atoms. The van der Waals surface area contributed by atoms with Crippen molar-refractivity contribution in [2.24, 2.45) is 13.0 Å². The van der Waals surface area contributed by atoms with Gasteiger partial charge in [-0.3, -0.25) is 4.68 Å². The number of aromatic nitrogens is 2. The van der Waals surface area contributed by atoms with Gasteiger partial charge in [0.1, 0.15) is 0 Å². The van der Waals surface area contributed by atoms with Gasteiger partial charge >= 0.3 is 0 Å². The molecule has 1 heterocycles. The van der Waals surface area contributed by atoms with Crippen LogP contribution in [0.4, 0.5) is 0 Å². The van der Waals surface area contributed by atoms with Crippen LogP contribution in [0, 0.1) is 19.8 Å². The lowest BCUT2D eigenvalue weighted by atomic mass is 9.95. The van der Waals surface area contributed by atoms with Crippen LogP contribution in [0.3, 0.4) is 0 Å². The van der Waals surface area contributed by atoms with Gasteiger partial charge in [0.15, 0.2) is 0 Å². The van der Waals surface area contributed by atoms with E-state index in [1.54, 1.807) is 0 Å². The van der Waals surface area contributed by atoms with Crippen molar-refractivity contribution in [1.82, 2.24) is 9.78 Å². The number of hydrogen-bond donors (Lipinski definition) is 0. The third kappa shape index (κ3) is 3.64. The summed E-state index contributed by atoms with van der Waals surface area (Å²) >= 11 is 9.98. The molecule has 1 atom stereocenters. The van der Waals surface area contributed by atoms with E-state index in [0.717, 1.165) is 34.6 Å². The molecule has 0 amide bonds. The Bertz CT molecular complexity index is 592. The second-order valence-corrected chi connectivity index (χ2v) is 6.41. The maximum atomic E-state index is 6.34. The molecule has 0 fully saturated rings. The van der Waals surface area contributed by atoms with Crippen molar-refractivity contribution < 1.29 is 0 Å². The van der Waals surface area contributed by atoms with E-state index < -0.39 is 0 Å². The van der Waals surface area contributed by atoms with Gasteiger partial charge in [-0.2, -0.15) is 5.10 Å². The maximum Gasteiger partial charge on any atom is 0.0847 e. The van der Waals surface area contributed by atoms with Crippen LogP contribution in [0.15, 0.2) is 24.3 Å². The first-order valence-electron chi connectivity index (χ1n) is 6.80. The Morgan fingerprint density at radius 1 is 1.30 bits per heavy atom. The van der Waals surface area contributed by atoms with Crippen molar-refractivity contribution in [1.29, 1.82) is 0 Å². The number of alkyl halides is 1. The van der Waals surface area contributed by atoms with Crippen LogP contribution in [0.2, 0.25) is 5.02 Å². The number of rotatable bonds is 5. The third-order valence-electron chi connectivity index (χ3n) is 3.57. The number of benzene rings is 1. The summed E-state index contributed by atoms with van der Waals surface area (Å²) < 4.78 is 1.91. The van der Waals surface area contributed by atoms with E-state index in [4.69, 9.17) is 11.6 Å². The minimum atomic E-state index is 0.518. The highest BCUT2D eigenvalue weighted by atomic mass is 79.9. The van der Waals surface area contributed by atoms with Gasteiger partial charge in [0.25, 0.3) is 0 Å². The van der Waals surface area contributed by atoms with Crippen LogP contribution in [0.1, 0.15) is 22.5 Å². The average molecular weight is 356 g/mol. The minimum Gasteiger partial charge on any atom is -0.271 e. The molecular weight excluding hydrogens is 336 g/mol. The van der Waals surface area contributed by atoms with E-state index in [0.29, 0.717) is 5.92 Å². The molecule has 0 aliphatic carbocycles. The fourth-order valence-electron chi connectivity index (χ4n) is 2.53. The van der Waals surface area contributed by atoms with Crippen molar-refractivity contribution in [3.63, 3.8) is 0 Å². The molecule has 1 aromatic heterocycles. The smallest absolute Gasteiger partial charge is 0.0847 e. The summed E-state index contributed by atoms with van der Waals surface area (Å²) in [5.74, 6) is 0.518. The second kappa shape index (κ2) is 6.77. The van der Waals surface area contributed by atoms with Gasteiger partial charge in [-0.1, -0.05) is 57.4 Å². The number of aryl methyl sites for hydroxylation is 3. The lowest BCUT2D eigenvalue weighted by Crippen LogP contribution is -2.13. The van der Waals surface area contributed by atoms with Gasteiger partial charge < -0.3 is 0 Å². The molecule has 1 aromatic carbocycles. The van der Waals surface area contributed by atoms with Crippen molar-refractivity contribution in [3.05, 3.63) is 51.8 Å². The zero-order chi connectivity index (χ0) is 14.7. The molecule has 2 nitrogen and oxygen atoms in total. The topological polar surface area (TPSA) is 17.8 Å². The molecule has 2 rings (SSSR count).